The maximum Gasteiger partial charge on any atom is 0.268 e. The van der Waals surface area contributed by atoms with Gasteiger partial charge in [-0.3, -0.25) is 9.36 Å². The smallest absolute Gasteiger partial charge is 0.268 e. The lowest BCUT2D eigenvalue weighted by molar-refractivity contribution is -0.870. The Morgan fingerprint density at radius 2 is 0.697 bits per heavy atom. The molecule has 3 atom stereocenters. The third kappa shape index (κ3) is 73.2. The highest BCUT2D eigenvalue weighted by Gasteiger charge is 2.23. The quantitative estimate of drug-likeness (QED) is 0.0272. The van der Waals surface area contributed by atoms with E-state index in [0.717, 1.165) is 64.2 Å². The van der Waals surface area contributed by atoms with Crippen LogP contribution in [0.3, 0.4) is 0 Å². The highest BCUT2D eigenvalue weighted by atomic mass is 31.2. The minimum Gasteiger partial charge on any atom is -0.756 e. The number of nitrogens with zero attached hydrogens (tertiary/aromatic N) is 1. The van der Waals surface area contributed by atoms with E-state index in [9.17, 15) is 19.4 Å². The maximum absolute atomic E-state index is 13.1. The molecule has 9 heteroatoms. The van der Waals surface area contributed by atoms with Gasteiger partial charge in [0.25, 0.3) is 7.82 Å². The molecule has 0 saturated carbocycles. The molecule has 0 aliphatic carbocycles. The van der Waals surface area contributed by atoms with Crippen LogP contribution >= 0.6 is 7.82 Å². The number of quaternary nitrogens is 1. The second-order valence-corrected chi connectivity index (χ2v) is 29.1. The summed E-state index contributed by atoms with van der Waals surface area (Å²) in [6, 6.07) is -0.906. The van der Waals surface area contributed by atoms with Crippen molar-refractivity contribution in [3.63, 3.8) is 0 Å². The highest BCUT2D eigenvalue weighted by Crippen LogP contribution is 2.38. The second kappa shape index (κ2) is 70.3. The van der Waals surface area contributed by atoms with Gasteiger partial charge in [0.2, 0.25) is 5.91 Å². The Hall–Kier alpha value is -2.06. The van der Waals surface area contributed by atoms with Crippen LogP contribution < -0.4 is 10.2 Å². The van der Waals surface area contributed by atoms with Crippen molar-refractivity contribution in [1.29, 1.82) is 0 Å². The number of aliphatic hydroxyl groups is 1. The molecular weight excluding hydrogens is 1120 g/mol. The zero-order valence-corrected chi connectivity index (χ0v) is 60.8. The second-order valence-electron chi connectivity index (χ2n) is 27.7. The van der Waals surface area contributed by atoms with E-state index in [2.05, 4.69) is 79.9 Å². The fourth-order valence-electron chi connectivity index (χ4n) is 11.7. The average molecular weight is 1270 g/mol. The van der Waals surface area contributed by atoms with E-state index in [0.29, 0.717) is 17.4 Å². The monoisotopic (exact) mass is 1270 g/mol. The van der Waals surface area contributed by atoms with Crippen LogP contribution in [0, 0.1) is 0 Å². The summed E-state index contributed by atoms with van der Waals surface area (Å²) in [6.07, 6.45) is 99.3. The summed E-state index contributed by atoms with van der Waals surface area (Å²) in [5.41, 5.74) is 0. The van der Waals surface area contributed by atoms with Gasteiger partial charge in [0.05, 0.1) is 39.9 Å². The van der Waals surface area contributed by atoms with Gasteiger partial charge >= 0.3 is 0 Å². The van der Waals surface area contributed by atoms with E-state index >= 15 is 0 Å². The number of phosphoric acid groups is 1. The molecular formula is C80H151N2O6P. The molecule has 0 radical (unpaired) electrons. The van der Waals surface area contributed by atoms with Crippen molar-refractivity contribution >= 4 is 13.7 Å². The van der Waals surface area contributed by atoms with Crippen LogP contribution in [0.25, 0.3) is 0 Å². The number of unbranched alkanes of at least 4 members (excludes halogenated alkanes) is 49. The van der Waals surface area contributed by atoms with Crippen molar-refractivity contribution in [3.05, 3.63) is 72.9 Å². The summed E-state index contributed by atoms with van der Waals surface area (Å²) in [6.45, 7) is 4.57. The van der Waals surface area contributed by atoms with E-state index in [1.165, 1.54) is 295 Å². The van der Waals surface area contributed by atoms with E-state index in [1.54, 1.807) is 6.08 Å². The van der Waals surface area contributed by atoms with Gasteiger partial charge in [-0.05, 0) is 70.6 Å². The minimum atomic E-state index is -4.62. The van der Waals surface area contributed by atoms with Crippen LogP contribution in [0.4, 0.5) is 0 Å². The Morgan fingerprint density at radius 3 is 1.04 bits per heavy atom. The zero-order valence-electron chi connectivity index (χ0n) is 59.9. The lowest BCUT2D eigenvalue weighted by Gasteiger charge is -2.29. The van der Waals surface area contributed by atoms with E-state index in [-0.39, 0.29) is 12.5 Å². The number of hydrogen-bond donors (Lipinski definition) is 2. The molecule has 0 rings (SSSR count). The van der Waals surface area contributed by atoms with Crippen molar-refractivity contribution in [1.82, 2.24) is 5.32 Å². The Bertz CT molecular complexity index is 1680. The fourth-order valence-corrected chi connectivity index (χ4v) is 12.4. The topological polar surface area (TPSA) is 108 Å². The van der Waals surface area contributed by atoms with Gasteiger partial charge in [-0.1, -0.05) is 376 Å². The molecule has 0 aliphatic heterocycles. The molecule has 3 unspecified atom stereocenters. The standard InChI is InChI=1S/C80H151N2O6P/c1-6-8-10-12-14-16-18-20-22-24-26-28-30-32-34-36-37-38-39-40-41-42-43-44-45-46-48-50-52-54-56-58-60-62-64-66-68-70-72-74-80(84)81-78(77-88-89(85,86)87-76-75-82(3,4)5)79(83)73-71-69-67-65-63-61-59-57-55-53-51-49-47-35-33-31-29-27-25-23-21-19-17-15-13-11-9-7-2/h8,10,14,16,20,22,26,28,63,65,71,73,78-79,83H,6-7,9,11-13,15,17-19,21,23-25,27,29-62,64,66-70,72,74-77H2,1-5H3,(H-,81,84,85,86)/b10-8-,16-14-,22-20-,28-26-,65-63+,73-71+. The maximum atomic E-state index is 13.1. The Labute approximate surface area is 554 Å². The number of amides is 1. The first-order valence-corrected chi connectivity index (χ1v) is 40.3. The molecule has 0 aromatic heterocycles. The molecule has 0 saturated heterocycles. The first-order chi connectivity index (χ1) is 43.5. The zero-order chi connectivity index (χ0) is 64.8. The van der Waals surface area contributed by atoms with Gasteiger partial charge in [-0.2, -0.15) is 0 Å². The van der Waals surface area contributed by atoms with Crippen molar-refractivity contribution in [2.24, 2.45) is 0 Å². The minimum absolute atomic E-state index is 0.00559. The van der Waals surface area contributed by atoms with Gasteiger partial charge in [0.1, 0.15) is 13.2 Å². The van der Waals surface area contributed by atoms with Crippen LogP contribution in [0.2, 0.25) is 0 Å². The number of rotatable bonds is 72. The largest absolute Gasteiger partial charge is 0.756 e. The highest BCUT2D eigenvalue weighted by molar-refractivity contribution is 7.45. The Balaban J connectivity index is 3.97. The molecule has 0 spiro atoms. The molecule has 2 N–H and O–H groups in total. The Kier molecular flexibility index (Phi) is 68.6. The van der Waals surface area contributed by atoms with Crippen LogP contribution in [-0.4, -0.2) is 68.5 Å². The first-order valence-electron chi connectivity index (χ1n) is 38.8. The number of aliphatic hydroxyl groups excluding tert-OH is 1. The SMILES string of the molecule is CC/C=C\C/C=C\C/C=C\C/C=C\CCCCCCCCCCCCCCCCCCCCCCCCCCCCC(=O)NC(COP(=O)([O-])OCC[N+](C)(C)C)C(O)/C=C/CC/C=C/CCCCCCCCCCCCCCCCCCCCCCCC. The lowest BCUT2D eigenvalue weighted by Crippen LogP contribution is -2.45. The number of carbonyl (C=O) groups excluding carboxylic acids is 1. The molecule has 0 bridgehead atoms. The Morgan fingerprint density at radius 1 is 0.404 bits per heavy atom. The molecule has 0 aliphatic rings. The van der Waals surface area contributed by atoms with Crippen LogP contribution in [0.1, 0.15) is 380 Å². The van der Waals surface area contributed by atoms with Crippen molar-refractivity contribution in [3.8, 4) is 0 Å². The number of hydrogen-bond acceptors (Lipinski definition) is 6. The summed E-state index contributed by atoms with van der Waals surface area (Å²) >= 11 is 0. The van der Waals surface area contributed by atoms with E-state index in [1.807, 2.05) is 27.2 Å². The fraction of sp³-hybridized carbons (Fsp3) is 0.838. The summed E-state index contributed by atoms with van der Waals surface area (Å²) < 4.78 is 23.5. The number of phosphoric ester groups is 1. The molecule has 89 heavy (non-hydrogen) atoms. The van der Waals surface area contributed by atoms with Gasteiger partial charge in [0, 0.05) is 6.42 Å². The van der Waals surface area contributed by atoms with Crippen LogP contribution in [0.5, 0.6) is 0 Å². The number of allylic oxidation sites excluding steroid dienone is 11. The molecule has 0 heterocycles. The van der Waals surface area contributed by atoms with Gasteiger partial charge in [0.15, 0.2) is 0 Å². The predicted octanol–water partition coefficient (Wildman–Crippen LogP) is 24.7. The van der Waals surface area contributed by atoms with Crippen molar-refractivity contribution in [2.45, 2.75) is 392 Å². The first kappa shape index (κ1) is 86.9. The van der Waals surface area contributed by atoms with E-state index < -0.39 is 26.6 Å². The molecule has 0 aromatic carbocycles. The van der Waals surface area contributed by atoms with Gasteiger partial charge in [-0.15, -0.1) is 0 Å². The number of likely N-dealkylation sites (N-methyl/N-ethyl adjacent to an activating group) is 1. The molecule has 1 amide bonds. The number of nitrogens with one attached hydrogen (secondary N) is 1. The third-order valence-corrected chi connectivity index (χ3v) is 18.6. The van der Waals surface area contributed by atoms with Gasteiger partial charge in [-0.25, -0.2) is 0 Å². The summed E-state index contributed by atoms with van der Waals surface area (Å²) in [5, 5.41) is 14.0. The summed E-state index contributed by atoms with van der Waals surface area (Å²) in [7, 11) is 1.26. The van der Waals surface area contributed by atoms with Gasteiger partial charge < -0.3 is 28.8 Å². The average Bonchev–Trinajstić information content (AvgIpc) is 3.55. The van der Waals surface area contributed by atoms with E-state index in [4.69, 9.17) is 9.05 Å². The van der Waals surface area contributed by atoms with Crippen LogP contribution in [0.15, 0.2) is 72.9 Å². The van der Waals surface area contributed by atoms with Crippen molar-refractivity contribution in [2.75, 3.05) is 40.9 Å². The molecule has 522 valence electrons. The summed E-state index contributed by atoms with van der Waals surface area (Å²) in [4.78, 5) is 25.7. The lowest BCUT2D eigenvalue weighted by atomic mass is 10.0. The van der Waals surface area contributed by atoms with Crippen LogP contribution in [-0.2, 0) is 18.4 Å². The molecule has 8 nitrogen and oxygen atoms in total. The molecule has 0 fully saturated rings. The molecule has 0 aromatic rings. The number of carbonyl (C=O) groups is 1. The van der Waals surface area contributed by atoms with Crippen molar-refractivity contribution < 1.29 is 32.9 Å². The predicted molar refractivity (Wildman–Crippen MR) is 390 cm³/mol. The normalized spacial score (nSPS) is 13.9. The summed E-state index contributed by atoms with van der Waals surface area (Å²) in [5.74, 6) is -0.200. The third-order valence-electron chi connectivity index (χ3n) is 17.7.